The summed E-state index contributed by atoms with van der Waals surface area (Å²) in [5.41, 5.74) is 3.61. The van der Waals surface area contributed by atoms with Crippen molar-refractivity contribution < 1.29 is 36.8 Å². The van der Waals surface area contributed by atoms with Gasteiger partial charge in [-0.05, 0) is 20.8 Å². The molecule has 0 amide bonds. The fraction of sp³-hybridized carbons (Fsp3) is 0.706. The highest BCUT2D eigenvalue weighted by Gasteiger charge is 2.59. The molecule has 2 aliphatic rings. The highest BCUT2D eigenvalue weighted by molar-refractivity contribution is 7.48. The number of alkyl halides is 1. The number of phosphoric acid groups is 1. The minimum Gasteiger partial charge on any atom is -0.463 e. The summed E-state index contributed by atoms with van der Waals surface area (Å²) in [6.45, 7) is 3.78. The molecule has 1 aromatic rings. The molecule has 14 heteroatoms. The van der Waals surface area contributed by atoms with E-state index in [1.54, 1.807) is 13.8 Å². The standard InChI is InChI=1S/C17H25FN3O9P/c1-9(2)28-13(23)6-10(18)7-26-31(25)27-8-11-14(30-31)17(3,19)15(29-11)21-5-4-12(22)20-16(21)24/h4-5,9-11,14-15H,6-8,19H2,1-3H3,(H,20,22,24)/t10-,11-,14-,15-,17-,31+/m1/s1. The first-order valence-corrected chi connectivity index (χ1v) is 11.0. The summed E-state index contributed by atoms with van der Waals surface area (Å²) in [4.78, 5) is 37.0. The number of nitrogens with two attached hydrogens (primary N) is 1. The van der Waals surface area contributed by atoms with Crippen molar-refractivity contribution in [1.82, 2.24) is 9.55 Å². The Morgan fingerprint density at radius 3 is 2.84 bits per heavy atom. The fourth-order valence-corrected chi connectivity index (χ4v) is 4.85. The van der Waals surface area contributed by atoms with Gasteiger partial charge in [-0.3, -0.25) is 32.7 Å². The minimum absolute atomic E-state index is 0.254. The number of hydrogen-bond acceptors (Lipinski definition) is 10. The number of hydrogen-bond donors (Lipinski definition) is 2. The van der Waals surface area contributed by atoms with Crippen molar-refractivity contribution in [3.05, 3.63) is 33.1 Å². The molecule has 3 rings (SSSR count). The Hall–Kier alpha value is -1.89. The molecule has 0 aliphatic carbocycles. The number of H-pyrrole nitrogens is 1. The highest BCUT2D eigenvalue weighted by atomic mass is 31.2. The third kappa shape index (κ3) is 5.30. The summed E-state index contributed by atoms with van der Waals surface area (Å²) in [5.74, 6) is -0.761. The molecule has 0 unspecified atom stereocenters. The third-order valence-electron chi connectivity index (χ3n) is 4.70. The Morgan fingerprint density at radius 2 is 2.19 bits per heavy atom. The molecule has 3 heterocycles. The molecule has 2 aliphatic heterocycles. The van der Waals surface area contributed by atoms with Gasteiger partial charge in [-0.2, -0.15) is 0 Å². The number of esters is 1. The Balaban J connectivity index is 1.66. The van der Waals surface area contributed by atoms with E-state index in [1.807, 2.05) is 0 Å². The van der Waals surface area contributed by atoms with E-state index in [-0.39, 0.29) is 6.61 Å². The number of aromatic nitrogens is 2. The summed E-state index contributed by atoms with van der Waals surface area (Å²) >= 11 is 0. The Bertz CT molecular complexity index is 978. The van der Waals surface area contributed by atoms with Crippen molar-refractivity contribution in [2.24, 2.45) is 5.73 Å². The van der Waals surface area contributed by atoms with Crippen LogP contribution in [0.2, 0.25) is 0 Å². The average Bonchev–Trinajstić information content (AvgIpc) is 2.90. The molecule has 0 spiro atoms. The van der Waals surface area contributed by atoms with Crippen molar-refractivity contribution in [2.45, 2.75) is 63.4 Å². The van der Waals surface area contributed by atoms with Crippen LogP contribution in [0.15, 0.2) is 21.9 Å². The first kappa shape index (κ1) is 23.8. The molecule has 1 aromatic heterocycles. The number of carbonyl (C=O) groups is 1. The normalized spacial score (nSPS) is 33.8. The predicted molar refractivity (Wildman–Crippen MR) is 103 cm³/mol. The van der Waals surface area contributed by atoms with Gasteiger partial charge in [0.15, 0.2) is 6.23 Å². The maximum atomic E-state index is 14.0. The summed E-state index contributed by atoms with van der Waals surface area (Å²) in [6.07, 6.45) is -4.45. The van der Waals surface area contributed by atoms with Crippen LogP contribution < -0.4 is 17.0 Å². The van der Waals surface area contributed by atoms with Gasteiger partial charge in [0.25, 0.3) is 5.56 Å². The molecule has 0 saturated carbocycles. The topological polar surface area (TPSA) is 161 Å². The first-order chi connectivity index (χ1) is 14.4. The molecule has 31 heavy (non-hydrogen) atoms. The molecule has 3 N–H and O–H groups in total. The largest absolute Gasteiger partial charge is 0.475 e. The number of rotatable bonds is 7. The summed E-state index contributed by atoms with van der Waals surface area (Å²) in [5, 5.41) is 0. The van der Waals surface area contributed by atoms with Gasteiger partial charge in [-0.1, -0.05) is 0 Å². The average molecular weight is 465 g/mol. The van der Waals surface area contributed by atoms with Crippen LogP contribution in [0.4, 0.5) is 4.39 Å². The lowest BCUT2D eigenvalue weighted by molar-refractivity contribution is -0.149. The SMILES string of the molecule is CC(C)OC(=O)C[C@@H](F)CO[P@@]1(=O)OC[C@H]2O[C@@H](n3ccc(=O)[nH]c3=O)[C@](C)(N)[C@@H]2O1. The molecule has 0 aromatic carbocycles. The van der Waals surface area contributed by atoms with Crippen LogP contribution in [0, 0.1) is 0 Å². The summed E-state index contributed by atoms with van der Waals surface area (Å²) < 4.78 is 54.1. The van der Waals surface area contributed by atoms with Crippen LogP contribution in [-0.2, 0) is 32.4 Å². The van der Waals surface area contributed by atoms with Crippen molar-refractivity contribution in [3.63, 3.8) is 0 Å². The Kier molecular flexibility index (Phi) is 6.84. The van der Waals surface area contributed by atoms with E-state index in [0.717, 1.165) is 10.6 Å². The quantitative estimate of drug-likeness (QED) is 0.425. The number of nitrogens with one attached hydrogen (secondary N) is 1. The second-order valence-corrected chi connectivity index (χ2v) is 9.44. The number of halogens is 1. The van der Waals surface area contributed by atoms with E-state index in [4.69, 9.17) is 28.8 Å². The van der Waals surface area contributed by atoms with Crippen molar-refractivity contribution >= 4 is 13.8 Å². The van der Waals surface area contributed by atoms with Gasteiger partial charge in [0.1, 0.15) is 18.4 Å². The van der Waals surface area contributed by atoms with Gasteiger partial charge < -0.3 is 15.2 Å². The molecule has 12 nitrogen and oxygen atoms in total. The summed E-state index contributed by atoms with van der Waals surface area (Å²) in [7, 11) is -4.22. The van der Waals surface area contributed by atoms with Crippen molar-refractivity contribution in [2.75, 3.05) is 13.2 Å². The molecule has 6 atom stereocenters. The maximum absolute atomic E-state index is 14.0. The summed E-state index contributed by atoms with van der Waals surface area (Å²) in [6, 6.07) is 1.12. The lowest BCUT2D eigenvalue weighted by Gasteiger charge is -2.35. The van der Waals surface area contributed by atoms with Gasteiger partial charge in [-0.25, -0.2) is 13.8 Å². The smallest absolute Gasteiger partial charge is 0.463 e. The van der Waals surface area contributed by atoms with Gasteiger partial charge in [0.2, 0.25) is 0 Å². The number of ether oxygens (including phenoxy) is 2. The van der Waals surface area contributed by atoms with Gasteiger partial charge in [-0.15, -0.1) is 0 Å². The van der Waals surface area contributed by atoms with E-state index in [1.165, 1.54) is 13.1 Å². The number of aromatic amines is 1. The lowest BCUT2D eigenvalue weighted by atomic mass is 9.93. The zero-order chi connectivity index (χ0) is 23.0. The monoisotopic (exact) mass is 465 g/mol. The zero-order valence-electron chi connectivity index (χ0n) is 17.2. The number of fused-ring (bicyclic) bond motifs is 1. The first-order valence-electron chi connectivity index (χ1n) is 9.58. The molecular weight excluding hydrogens is 440 g/mol. The van der Waals surface area contributed by atoms with Crippen LogP contribution in [-0.4, -0.2) is 58.8 Å². The fourth-order valence-electron chi connectivity index (χ4n) is 3.33. The molecule has 0 radical (unpaired) electrons. The zero-order valence-corrected chi connectivity index (χ0v) is 18.1. The Morgan fingerprint density at radius 1 is 1.48 bits per heavy atom. The minimum atomic E-state index is -4.22. The van der Waals surface area contributed by atoms with Crippen molar-refractivity contribution in [3.8, 4) is 0 Å². The van der Waals surface area contributed by atoms with Crippen LogP contribution >= 0.6 is 7.82 Å². The van der Waals surface area contributed by atoms with Crippen LogP contribution in [0.3, 0.4) is 0 Å². The molecule has 2 saturated heterocycles. The Labute approximate surface area is 176 Å². The molecular formula is C17H25FN3O9P. The third-order valence-corrected chi connectivity index (χ3v) is 6.11. The molecule has 2 fully saturated rings. The predicted octanol–water partition coefficient (Wildman–Crippen LogP) is 0.371. The van der Waals surface area contributed by atoms with E-state index in [2.05, 4.69) is 4.98 Å². The van der Waals surface area contributed by atoms with Gasteiger partial charge in [0.05, 0.1) is 31.3 Å². The lowest BCUT2D eigenvalue weighted by Crippen LogP contribution is -2.55. The second kappa shape index (κ2) is 8.93. The van der Waals surface area contributed by atoms with Crippen LogP contribution in [0.25, 0.3) is 0 Å². The number of carbonyl (C=O) groups excluding carboxylic acids is 1. The van der Waals surface area contributed by atoms with Crippen molar-refractivity contribution in [1.29, 1.82) is 0 Å². The number of phosphoric ester groups is 1. The second-order valence-electron chi connectivity index (χ2n) is 7.82. The number of nitrogens with zero attached hydrogens (tertiary/aromatic N) is 1. The van der Waals surface area contributed by atoms with E-state index < -0.39 is 74.3 Å². The van der Waals surface area contributed by atoms with E-state index in [0.29, 0.717) is 0 Å². The highest BCUT2D eigenvalue weighted by Crippen LogP contribution is 2.58. The van der Waals surface area contributed by atoms with Gasteiger partial charge >= 0.3 is 19.5 Å². The van der Waals surface area contributed by atoms with Crippen LogP contribution in [0.1, 0.15) is 33.4 Å². The van der Waals surface area contributed by atoms with Crippen LogP contribution in [0.5, 0.6) is 0 Å². The van der Waals surface area contributed by atoms with E-state index in [9.17, 15) is 23.3 Å². The molecule has 174 valence electrons. The molecule has 0 bridgehead atoms. The van der Waals surface area contributed by atoms with E-state index >= 15 is 0 Å². The van der Waals surface area contributed by atoms with Gasteiger partial charge in [0, 0.05) is 12.3 Å². The maximum Gasteiger partial charge on any atom is 0.475 e.